The van der Waals surface area contributed by atoms with Crippen LogP contribution >= 0.6 is 0 Å². The number of amidine groups is 1. The molecule has 0 aliphatic rings. The number of urea groups is 2. The zero-order chi connectivity index (χ0) is 35.6. The van der Waals surface area contributed by atoms with Gasteiger partial charge in [0.15, 0.2) is 0 Å². The van der Waals surface area contributed by atoms with Crippen LogP contribution in [0.3, 0.4) is 0 Å². The summed E-state index contributed by atoms with van der Waals surface area (Å²) in [6, 6.07) is 2.10. The number of allylic oxidation sites excluding steroid dienone is 4. The smallest absolute Gasteiger partial charge is 0.314 e. The van der Waals surface area contributed by atoms with Gasteiger partial charge in [0.1, 0.15) is 5.84 Å². The van der Waals surface area contributed by atoms with Gasteiger partial charge in [-0.3, -0.25) is 0 Å². The molecule has 0 heterocycles. The molecule has 48 heavy (non-hydrogen) atoms. The third kappa shape index (κ3) is 42.8. The highest BCUT2D eigenvalue weighted by Gasteiger charge is 1.99. The molecule has 10 nitrogen and oxygen atoms in total. The summed E-state index contributed by atoms with van der Waals surface area (Å²) in [5, 5.41) is 31.4. The van der Waals surface area contributed by atoms with Crippen LogP contribution in [0.25, 0.3) is 0 Å². The molecule has 7 N–H and O–H groups in total. The summed E-state index contributed by atoms with van der Waals surface area (Å²) in [7, 11) is 0. The molecule has 0 bridgehead atoms. The van der Waals surface area contributed by atoms with E-state index < -0.39 is 0 Å². The van der Waals surface area contributed by atoms with Crippen LogP contribution in [0.2, 0.25) is 0 Å². The highest BCUT2D eigenvalue weighted by Crippen LogP contribution is 2.07. The Labute approximate surface area is 294 Å². The molecule has 10 heteroatoms. The largest absolute Gasteiger partial charge is 0.409 e. The van der Waals surface area contributed by atoms with Gasteiger partial charge in [-0.05, 0) is 89.9 Å². The first-order chi connectivity index (χ1) is 23.5. The van der Waals surface area contributed by atoms with Crippen LogP contribution in [0, 0.1) is 11.3 Å². The van der Waals surface area contributed by atoms with Crippen molar-refractivity contribution in [3.63, 3.8) is 0 Å². The molecule has 0 aliphatic carbocycles. The SMILES string of the molecule is CCCCCNC(=O)NCCCC/C=C\CCCCCC/C(N)=N/O.CCCCCNC(=O)NCCCC/C=C\CCCCCCC#N. The van der Waals surface area contributed by atoms with Crippen molar-refractivity contribution in [1.29, 1.82) is 5.26 Å². The molecule has 0 aromatic rings. The van der Waals surface area contributed by atoms with Crippen molar-refractivity contribution in [1.82, 2.24) is 21.3 Å². The van der Waals surface area contributed by atoms with Gasteiger partial charge in [-0.25, -0.2) is 9.59 Å². The average molecular weight is 676 g/mol. The van der Waals surface area contributed by atoms with Crippen molar-refractivity contribution in [2.24, 2.45) is 10.9 Å². The molecule has 0 saturated heterocycles. The fraction of sp³-hybridized carbons (Fsp3) is 0.789. The van der Waals surface area contributed by atoms with Crippen molar-refractivity contribution < 1.29 is 14.8 Å². The van der Waals surface area contributed by atoms with Crippen LogP contribution in [0.5, 0.6) is 0 Å². The Morgan fingerprint density at radius 1 is 0.583 bits per heavy atom. The minimum atomic E-state index is -0.0429. The molecule has 0 rings (SSSR count). The second kappa shape index (κ2) is 41.8. The summed E-state index contributed by atoms with van der Waals surface area (Å²) in [6.07, 6.45) is 35.0. The van der Waals surface area contributed by atoms with Gasteiger partial charge in [-0.2, -0.15) is 5.26 Å². The maximum absolute atomic E-state index is 11.5. The molecule has 0 fully saturated rings. The van der Waals surface area contributed by atoms with Crippen molar-refractivity contribution >= 4 is 17.9 Å². The number of hydrogen-bond donors (Lipinski definition) is 6. The standard InChI is InChI=1S/C19H38N4O2.C19H35N3O/c1-2-3-13-16-21-19(24)22-17-14-11-9-7-5-4-6-8-10-12-15-18(20)23-25;1-2-3-14-17-21-19(23)22-18-15-12-10-8-6-4-5-7-9-11-13-16-20/h5,7,25H,2-4,6,8-17H2,1H3,(H2,20,23)(H2,21,22,24);6,8H,2-5,7,9-15,17-18H2,1H3,(H2,21,22,23)/b7-5-;8-6-. The summed E-state index contributed by atoms with van der Waals surface area (Å²) in [6.45, 7) is 7.36. The zero-order valence-electron chi connectivity index (χ0n) is 30.8. The van der Waals surface area contributed by atoms with E-state index in [2.05, 4.69) is 70.6 Å². The zero-order valence-corrected chi connectivity index (χ0v) is 30.8. The Bertz CT molecular complexity index is 841. The monoisotopic (exact) mass is 676 g/mol. The van der Waals surface area contributed by atoms with Gasteiger partial charge in [-0.1, -0.05) is 94.7 Å². The van der Waals surface area contributed by atoms with Gasteiger partial charge in [0, 0.05) is 39.0 Å². The minimum Gasteiger partial charge on any atom is -0.409 e. The molecular formula is C38H73N7O3. The Balaban J connectivity index is 0. The number of unbranched alkanes of at least 4 members (excludes halogenated alkanes) is 17. The summed E-state index contributed by atoms with van der Waals surface area (Å²) in [4.78, 5) is 22.9. The fourth-order valence-corrected chi connectivity index (χ4v) is 4.72. The van der Waals surface area contributed by atoms with Crippen LogP contribution in [0.4, 0.5) is 9.59 Å². The number of carbonyl (C=O) groups is 2. The van der Waals surface area contributed by atoms with Crippen LogP contribution < -0.4 is 27.0 Å². The summed E-state index contributed by atoms with van der Waals surface area (Å²) < 4.78 is 0. The lowest BCUT2D eigenvalue weighted by atomic mass is 10.1. The Morgan fingerprint density at radius 3 is 1.31 bits per heavy atom. The average Bonchev–Trinajstić information content (AvgIpc) is 3.09. The van der Waals surface area contributed by atoms with E-state index in [4.69, 9.17) is 16.2 Å². The number of carbonyl (C=O) groups excluding carboxylic acids is 2. The molecule has 4 amide bonds. The van der Waals surface area contributed by atoms with Gasteiger partial charge in [0.05, 0.1) is 6.07 Å². The molecule has 0 aromatic heterocycles. The Morgan fingerprint density at radius 2 is 0.938 bits per heavy atom. The van der Waals surface area contributed by atoms with Crippen LogP contribution in [0.1, 0.15) is 168 Å². The van der Waals surface area contributed by atoms with Crippen LogP contribution in [0.15, 0.2) is 29.5 Å². The first kappa shape index (κ1) is 46.9. The lowest BCUT2D eigenvalue weighted by Crippen LogP contribution is -2.36. The number of oxime groups is 1. The van der Waals surface area contributed by atoms with E-state index in [9.17, 15) is 9.59 Å². The molecule has 0 radical (unpaired) electrons. The number of hydrogen-bond acceptors (Lipinski definition) is 5. The first-order valence-corrected chi connectivity index (χ1v) is 19.2. The number of rotatable bonds is 31. The third-order valence-corrected chi connectivity index (χ3v) is 7.72. The van der Waals surface area contributed by atoms with Gasteiger partial charge in [0.25, 0.3) is 0 Å². The van der Waals surface area contributed by atoms with Crippen LogP contribution in [-0.2, 0) is 0 Å². The normalized spacial score (nSPS) is 11.2. The van der Waals surface area contributed by atoms with Gasteiger partial charge < -0.3 is 32.2 Å². The highest BCUT2D eigenvalue weighted by molar-refractivity contribution is 5.79. The van der Waals surface area contributed by atoms with E-state index in [0.717, 1.165) is 110 Å². The number of nitriles is 1. The Hall–Kier alpha value is -3.22. The lowest BCUT2D eigenvalue weighted by molar-refractivity contribution is 0.239. The first-order valence-electron chi connectivity index (χ1n) is 19.2. The molecular weight excluding hydrogens is 602 g/mol. The minimum absolute atomic E-state index is 0.0342. The molecule has 0 unspecified atom stereocenters. The second-order valence-corrected chi connectivity index (χ2v) is 12.4. The summed E-state index contributed by atoms with van der Waals surface area (Å²) in [5.74, 6) is 0.323. The van der Waals surface area contributed by atoms with E-state index in [1.807, 2.05) is 0 Å². The topological polar surface area (TPSA) is 165 Å². The summed E-state index contributed by atoms with van der Waals surface area (Å²) in [5.41, 5.74) is 5.41. The van der Waals surface area contributed by atoms with E-state index >= 15 is 0 Å². The maximum Gasteiger partial charge on any atom is 0.314 e. The van der Waals surface area contributed by atoms with Crippen molar-refractivity contribution in [2.45, 2.75) is 168 Å². The number of amides is 4. The molecule has 0 spiro atoms. The second-order valence-electron chi connectivity index (χ2n) is 12.4. The predicted molar refractivity (Wildman–Crippen MR) is 202 cm³/mol. The van der Waals surface area contributed by atoms with Crippen molar-refractivity contribution in [3.05, 3.63) is 24.3 Å². The lowest BCUT2D eigenvalue weighted by Gasteiger charge is -2.06. The Kier molecular flexibility index (Phi) is 40.8. The molecule has 0 aliphatic heterocycles. The van der Waals surface area contributed by atoms with E-state index in [-0.39, 0.29) is 12.1 Å². The predicted octanol–water partition coefficient (Wildman–Crippen LogP) is 9.36. The quantitative estimate of drug-likeness (QED) is 0.0107. The van der Waals surface area contributed by atoms with Crippen molar-refractivity contribution in [2.75, 3.05) is 26.2 Å². The highest BCUT2D eigenvalue weighted by atomic mass is 16.4. The third-order valence-electron chi connectivity index (χ3n) is 7.72. The molecule has 0 aromatic carbocycles. The number of nitrogens with one attached hydrogen (secondary N) is 4. The van der Waals surface area contributed by atoms with Gasteiger partial charge in [-0.15, -0.1) is 0 Å². The summed E-state index contributed by atoms with van der Waals surface area (Å²) >= 11 is 0. The van der Waals surface area contributed by atoms with Gasteiger partial charge in [0.2, 0.25) is 0 Å². The van der Waals surface area contributed by atoms with E-state index in [1.54, 1.807) is 0 Å². The number of nitrogens with zero attached hydrogens (tertiary/aromatic N) is 2. The maximum atomic E-state index is 11.5. The molecule has 0 atom stereocenters. The van der Waals surface area contributed by atoms with Gasteiger partial charge >= 0.3 is 12.1 Å². The van der Waals surface area contributed by atoms with Crippen LogP contribution in [-0.4, -0.2) is 49.3 Å². The van der Waals surface area contributed by atoms with Crippen molar-refractivity contribution in [3.8, 4) is 6.07 Å². The molecule has 0 saturated carbocycles. The van der Waals surface area contributed by atoms with E-state index in [0.29, 0.717) is 18.7 Å². The van der Waals surface area contributed by atoms with E-state index in [1.165, 1.54) is 57.8 Å². The molecule has 278 valence electrons. The number of nitrogens with two attached hydrogens (primary N) is 1. The fourth-order valence-electron chi connectivity index (χ4n) is 4.72.